The lowest BCUT2D eigenvalue weighted by atomic mass is 9.85. The van der Waals surface area contributed by atoms with E-state index in [2.05, 4.69) is 5.32 Å². The Hall–Kier alpha value is -0.760. The third-order valence-electron chi connectivity index (χ3n) is 2.56. The van der Waals surface area contributed by atoms with Crippen molar-refractivity contribution in [2.45, 2.75) is 25.4 Å². The monoisotopic (exact) mass is 206 g/mol. The van der Waals surface area contributed by atoms with Gasteiger partial charge in [-0.2, -0.15) is 18.4 Å². The Morgan fingerprint density at radius 1 is 1.43 bits per heavy atom. The predicted octanol–water partition coefficient (Wildman–Crippen LogP) is 2.08. The Bertz CT molecular complexity index is 215. The molecule has 5 heteroatoms. The maximum Gasteiger partial charge on any atom is 0.405 e. The van der Waals surface area contributed by atoms with Gasteiger partial charge in [0.05, 0.1) is 6.07 Å². The zero-order chi connectivity index (χ0) is 10.6. The van der Waals surface area contributed by atoms with Gasteiger partial charge in [-0.05, 0) is 25.3 Å². The second-order valence-electron chi connectivity index (χ2n) is 3.68. The molecule has 14 heavy (non-hydrogen) atoms. The smallest absolute Gasteiger partial charge is 0.315 e. The topological polar surface area (TPSA) is 35.8 Å². The van der Waals surface area contributed by atoms with Gasteiger partial charge in [-0.25, -0.2) is 0 Å². The first-order valence-corrected chi connectivity index (χ1v) is 4.71. The summed E-state index contributed by atoms with van der Waals surface area (Å²) < 4.78 is 36.2. The fourth-order valence-corrected chi connectivity index (χ4v) is 1.36. The zero-order valence-electron chi connectivity index (χ0n) is 7.77. The van der Waals surface area contributed by atoms with E-state index in [0.717, 1.165) is 12.8 Å². The zero-order valence-corrected chi connectivity index (χ0v) is 7.77. The second-order valence-corrected chi connectivity index (χ2v) is 3.68. The summed E-state index contributed by atoms with van der Waals surface area (Å²) in [6.45, 7) is 0.324. The third-order valence-corrected chi connectivity index (χ3v) is 2.56. The third kappa shape index (κ3) is 3.18. The van der Waals surface area contributed by atoms with Crippen LogP contribution < -0.4 is 5.32 Å². The van der Waals surface area contributed by atoms with Gasteiger partial charge in [0, 0.05) is 6.54 Å². The normalized spacial score (nSPS) is 19.9. The number of rotatable bonds is 4. The van der Waals surface area contributed by atoms with Gasteiger partial charge in [0.2, 0.25) is 0 Å². The maximum atomic E-state index is 12.1. The van der Waals surface area contributed by atoms with E-state index in [4.69, 9.17) is 5.26 Å². The van der Waals surface area contributed by atoms with Gasteiger partial charge < -0.3 is 5.32 Å². The molecule has 80 valence electrons. The molecular formula is C9H13F3N2. The molecule has 0 heterocycles. The Kier molecular flexibility index (Phi) is 3.76. The van der Waals surface area contributed by atoms with Crippen LogP contribution in [0.2, 0.25) is 0 Å². The van der Waals surface area contributed by atoms with Crippen LogP contribution in [0.1, 0.15) is 19.3 Å². The second kappa shape index (κ2) is 4.65. The standard InChI is InChI=1S/C9H13F3N2/c10-9(11,12)8(4-13)6-14-5-7-2-1-3-7/h7-8,14H,1-3,5-6H2. The highest BCUT2D eigenvalue weighted by atomic mass is 19.4. The van der Waals surface area contributed by atoms with Crippen LogP contribution in [0.15, 0.2) is 0 Å². The average molecular weight is 206 g/mol. The van der Waals surface area contributed by atoms with Crippen LogP contribution in [0.5, 0.6) is 0 Å². The summed E-state index contributed by atoms with van der Waals surface area (Å²) in [7, 11) is 0. The molecule has 0 bridgehead atoms. The number of hydrogen-bond acceptors (Lipinski definition) is 2. The van der Waals surface area contributed by atoms with E-state index < -0.39 is 12.1 Å². The molecule has 0 amide bonds. The van der Waals surface area contributed by atoms with E-state index in [1.807, 2.05) is 0 Å². The van der Waals surface area contributed by atoms with Gasteiger partial charge in [-0.3, -0.25) is 0 Å². The molecule has 1 rings (SSSR count). The highest BCUT2D eigenvalue weighted by molar-refractivity contribution is 4.90. The molecule has 0 aromatic heterocycles. The van der Waals surface area contributed by atoms with E-state index in [0.29, 0.717) is 12.5 Å². The van der Waals surface area contributed by atoms with Crippen molar-refractivity contribution in [3.8, 4) is 6.07 Å². The van der Waals surface area contributed by atoms with Crippen molar-refractivity contribution in [1.82, 2.24) is 5.32 Å². The van der Waals surface area contributed by atoms with Gasteiger partial charge in [0.1, 0.15) is 0 Å². The summed E-state index contributed by atoms with van der Waals surface area (Å²) in [5.41, 5.74) is 0. The van der Waals surface area contributed by atoms with E-state index in [1.54, 1.807) is 0 Å². The van der Waals surface area contributed by atoms with Crippen LogP contribution in [0.25, 0.3) is 0 Å². The summed E-state index contributed by atoms with van der Waals surface area (Å²) in [4.78, 5) is 0. The quantitative estimate of drug-likeness (QED) is 0.764. The molecule has 2 nitrogen and oxygen atoms in total. The first-order valence-electron chi connectivity index (χ1n) is 4.71. The molecule has 0 aliphatic heterocycles. The summed E-state index contributed by atoms with van der Waals surface area (Å²) >= 11 is 0. The lowest BCUT2D eigenvalue weighted by Crippen LogP contribution is -2.36. The Labute approximate surface area is 81.1 Å². The maximum absolute atomic E-state index is 12.1. The molecule has 1 aliphatic rings. The molecule has 1 atom stereocenters. The SMILES string of the molecule is N#CC(CNCC1CCC1)C(F)(F)F. The van der Waals surface area contributed by atoms with Crippen molar-refractivity contribution in [1.29, 1.82) is 5.26 Å². The number of nitrogens with one attached hydrogen (secondary N) is 1. The minimum Gasteiger partial charge on any atom is -0.315 e. The highest BCUT2D eigenvalue weighted by Crippen LogP contribution is 2.27. The Morgan fingerprint density at radius 3 is 2.43 bits per heavy atom. The van der Waals surface area contributed by atoms with Crippen molar-refractivity contribution < 1.29 is 13.2 Å². The van der Waals surface area contributed by atoms with Gasteiger partial charge in [-0.15, -0.1) is 0 Å². The van der Waals surface area contributed by atoms with E-state index in [9.17, 15) is 13.2 Å². The molecular weight excluding hydrogens is 193 g/mol. The first-order chi connectivity index (χ1) is 6.54. The number of nitrogens with zero attached hydrogens (tertiary/aromatic N) is 1. The highest BCUT2D eigenvalue weighted by Gasteiger charge is 2.39. The van der Waals surface area contributed by atoms with E-state index in [-0.39, 0.29) is 6.54 Å². The van der Waals surface area contributed by atoms with Crippen molar-refractivity contribution >= 4 is 0 Å². The molecule has 0 aromatic rings. The fraction of sp³-hybridized carbons (Fsp3) is 0.889. The number of nitriles is 1. The van der Waals surface area contributed by atoms with Crippen LogP contribution in [0, 0.1) is 23.2 Å². The van der Waals surface area contributed by atoms with Crippen molar-refractivity contribution in [3.63, 3.8) is 0 Å². The Balaban J connectivity index is 2.17. The predicted molar refractivity (Wildman–Crippen MR) is 45.4 cm³/mol. The first kappa shape index (κ1) is 11.3. The molecule has 1 unspecified atom stereocenters. The lowest BCUT2D eigenvalue weighted by molar-refractivity contribution is -0.157. The molecule has 0 aromatic carbocycles. The number of alkyl halides is 3. The van der Waals surface area contributed by atoms with E-state index >= 15 is 0 Å². The fourth-order valence-electron chi connectivity index (χ4n) is 1.36. The summed E-state index contributed by atoms with van der Waals surface area (Å²) in [6, 6.07) is 1.26. The Morgan fingerprint density at radius 2 is 2.07 bits per heavy atom. The molecule has 0 spiro atoms. The van der Waals surface area contributed by atoms with Crippen LogP contribution >= 0.6 is 0 Å². The van der Waals surface area contributed by atoms with Crippen LogP contribution in [0.3, 0.4) is 0 Å². The van der Waals surface area contributed by atoms with Gasteiger partial charge >= 0.3 is 6.18 Å². The molecule has 1 saturated carbocycles. The largest absolute Gasteiger partial charge is 0.405 e. The molecule has 1 N–H and O–H groups in total. The summed E-state index contributed by atoms with van der Waals surface area (Å²) in [6.07, 6.45) is -1.04. The van der Waals surface area contributed by atoms with E-state index in [1.165, 1.54) is 12.5 Å². The van der Waals surface area contributed by atoms with Crippen LogP contribution in [-0.4, -0.2) is 19.3 Å². The van der Waals surface area contributed by atoms with Gasteiger partial charge in [-0.1, -0.05) is 6.42 Å². The molecule has 1 aliphatic carbocycles. The minimum atomic E-state index is -4.40. The van der Waals surface area contributed by atoms with Crippen molar-refractivity contribution in [2.24, 2.45) is 11.8 Å². The summed E-state index contributed by atoms with van der Waals surface area (Å²) in [5.74, 6) is -1.36. The minimum absolute atomic E-state index is 0.281. The van der Waals surface area contributed by atoms with Gasteiger partial charge in [0.25, 0.3) is 0 Å². The van der Waals surface area contributed by atoms with Crippen LogP contribution in [0.4, 0.5) is 13.2 Å². The molecule has 1 fully saturated rings. The average Bonchev–Trinajstić information content (AvgIpc) is 1.98. The van der Waals surface area contributed by atoms with Crippen molar-refractivity contribution in [3.05, 3.63) is 0 Å². The van der Waals surface area contributed by atoms with Gasteiger partial charge in [0.15, 0.2) is 5.92 Å². The van der Waals surface area contributed by atoms with Crippen LogP contribution in [-0.2, 0) is 0 Å². The summed E-state index contributed by atoms with van der Waals surface area (Å²) in [5, 5.41) is 11.0. The number of halogens is 3. The molecule has 0 saturated heterocycles. The number of hydrogen-bond donors (Lipinski definition) is 1. The van der Waals surface area contributed by atoms with Crippen molar-refractivity contribution in [2.75, 3.05) is 13.1 Å². The molecule has 0 radical (unpaired) electrons. The lowest BCUT2D eigenvalue weighted by Gasteiger charge is -2.26.